The van der Waals surface area contributed by atoms with Gasteiger partial charge in [0.05, 0.1) is 18.0 Å². The molecule has 0 spiro atoms. The molecule has 0 aliphatic rings. The minimum Gasteiger partial charge on any atom is -0.754 e. The van der Waals surface area contributed by atoms with Crippen molar-refractivity contribution in [2.45, 2.75) is 0 Å². The van der Waals surface area contributed by atoms with Crippen molar-refractivity contribution in [1.29, 1.82) is 0 Å². The fourth-order valence-corrected chi connectivity index (χ4v) is 2.64. The van der Waals surface area contributed by atoms with Crippen molar-refractivity contribution in [2.24, 2.45) is 0 Å². The zero-order valence-corrected chi connectivity index (χ0v) is 17.3. The number of carbonyl (C=O) groups excluding carboxylic acids is 1. The molecular formula is C22H22FN5O4. The van der Waals surface area contributed by atoms with Crippen molar-refractivity contribution < 1.29 is 23.4 Å². The Morgan fingerprint density at radius 3 is 2.62 bits per heavy atom. The van der Waals surface area contributed by atoms with Crippen LogP contribution in [0.1, 0.15) is 0 Å². The first kappa shape index (κ1) is 22.5. The maximum absolute atomic E-state index is 14.3. The smallest absolute Gasteiger partial charge is 0.351 e. The maximum atomic E-state index is 14.3. The maximum Gasteiger partial charge on any atom is 0.351 e. The average molecular weight is 439 g/mol. The summed E-state index contributed by atoms with van der Waals surface area (Å²) in [5.74, 6) is -1.07. The fourth-order valence-electron chi connectivity index (χ4n) is 2.64. The number of hydrogen-bond donors (Lipinski definition) is 3. The number of carbonyl (C=O) groups is 1. The van der Waals surface area contributed by atoms with Gasteiger partial charge >= 0.3 is 5.95 Å². The molecule has 0 aliphatic carbocycles. The normalized spacial score (nSPS) is 10.3. The van der Waals surface area contributed by atoms with Crippen molar-refractivity contribution in [3.05, 3.63) is 78.4 Å². The Bertz CT molecular complexity index is 1090. The van der Waals surface area contributed by atoms with E-state index < -0.39 is 11.7 Å². The predicted molar refractivity (Wildman–Crippen MR) is 119 cm³/mol. The van der Waals surface area contributed by atoms with Gasteiger partial charge in [-0.15, -0.1) is 4.98 Å². The third-order valence-corrected chi connectivity index (χ3v) is 4.17. The first-order chi connectivity index (χ1) is 15.5. The average Bonchev–Trinajstić information content (AvgIpc) is 2.80. The number of rotatable bonds is 10. The number of ether oxygens (including phenoxy) is 2. The second-order valence-electron chi connectivity index (χ2n) is 6.46. The minimum absolute atomic E-state index is 0.127. The van der Waals surface area contributed by atoms with Gasteiger partial charge in [0.1, 0.15) is 18.6 Å². The van der Waals surface area contributed by atoms with E-state index in [0.29, 0.717) is 40.8 Å². The van der Waals surface area contributed by atoms with E-state index in [1.165, 1.54) is 0 Å². The third kappa shape index (κ3) is 5.92. The standard InChI is InChI=1S/C22H22FN5O4/c1-3-20(29)25-16-5-4-6-17(13-16)26-21-19(23)14-24-22(28(21)30)27-15-7-9-18(10-8-15)32-12-11-31-2/h3-10,13-14,26H,1,11-12H2,2H3,(H,24,27)(H,25,29). The van der Waals surface area contributed by atoms with E-state index in [0.717, 1.165) is 12.3 Å². The largest absolute Gasteiger partial charge is 0.754 e. The van der Waals surface area contributed by atoms with Gasteiger partial charge in [-0.05, 0) is 48.5 Å². The van der Waals surface area contributed by atoms with Crippen LogP contribution < -0.4 is 25.4 Å². The molecule has 32 heavy (non-hydrogen) atoms. The Hall–Kier alpha value is -4.18. The zero-order chi connectivity index (χ0) is 22.9. The van der Waals surface area contributed by atoms with Crippen LogP contribution in [-0.4, -0.2) is 31.2 Å². The molecule has 10 heteroatoms. The van der Waals surface area contributed by atoms with Crippen molar-refractivity contribution in [3.63, 3.8) is 0 Å². The summed E-state index contributed by atoms with van der Waals surface area (Å²) in [5, 5.41) is 20.9. The van der Waals surface area contributed by atoms with E-state index in [9.17, 15) is 14.4 Å². The van der Waals surface area contributed by atoms with Crippen LogP contribution in [0.4, 0.5) is 33.2 Å². The molecule has 1 amide bonds. The quantitative estimate of drug-likeness (QED) is 0.192. The van der Waals surface area contributed by atoms with Crippen molar-refractivity contribution in [1.82, 2.24) is 4.98 Å². The molecule has 0 unspecified atom stereocenters. The van der Waals surface area contributed by atoms with Crippen LogP contribution in [0.3, 0.4) is 0 Å². The van der Waals surface area contributed by atoms with Gasteiger partial charge in [-0.1, -0.05) is 12.6 Å². The van der Waals surface area contributed by atoms with Crippen LogP contribution >= 0.6 is 0 Å². The van der Waals surface area contributed by atoms with Crippen LogP contribution in [0, 0.1) is 11.0 Å². The van der Waals surface area contributed by atoms with Crippen molar-refractivity contribution in [3.8, 4) is 5.75 Å². The summed E-state index contributed by atoms with van der Waals surface area (Å²) in [4.78, 5) is 15.3. The van der Waals surface area contributed by atoms with Crippen LogP contribution in [0.5, 0.6) is 5.75 Å². The predicted octanol–water partition coefficient (Wildman–Crippen LogP) is 3.49. The third-order valence-electron chi connectivity index (χ3n) is 4.17. The van der Waals surface area contributed by atoms with Crippen LogP contribution in [0.15, 0.2) is 67.4 Å². The molecule has 0 saturated heterocycles. The number of nitrogens with one attached hydrogen (secondary N) is 3. The van der Waals surface area contributed by atoms with Gasteiger partial charge in [0.2, 0.25) is 17.5 Å². The second-order valence-corrected chi connectivity index (χ2v) is 6.46. The van der Waals surface area contributed by atoms with E-state index in [2.05, 4.69) is 27.5 Å². The fraction of sp³-hybridized carbons (Fsp3) is 0.136. The molecule has 0 fully saturated rings. The van der Waals surface area contributed by atoms with Gasteiger partial charge in [-0.25, -0.2) is 4.73 Å². The number of aromatic nitrogens is 2. The number of methoxy groups -OCH3 is 1. The van der Waals surface area contributed by atoms with Crippen molar-refractivity contribution >= 4 is 34.7 Å². The minimum atomic E-state index is -0.840. The molecule has 0 atom stereocenters. The molecule has 3 rings (SSSR count). The molecule has 3 N–H and O–H groups in total. The molecule has 0 bridgehead atoms. The van der Waals surface area contributed by atoms with Gasteiger partial charge < -0.3 is 20.0 Å². The Balaban J connectivity index is 1.75. The van der Waals surface area contributed by atoms with Crippen molar-refractivity contribution in [2.75, 3.05) is 36.3 Å². The SMILES string of the molecule is C=CC(=O)Nc1cccc(Nc2c(F)cnc(Nc3ccc(OCCOC)cc3)[n+]2[O-])c1. The number of nitrogens with zero attached hydrogens (tertiary/aromatic N) is 2. The van der Waals surface area contributed by atoms with Crippen LogP contribution in [0.2, 0.25) is 0 Å². The number of hydrogen-bond acceptors (Lipinski definition) is 7. The van der Waals surface area contributed by atoms with E-state index >= 15 is 0 Å². The molecular weight excluding hydrogens is 417 g/mol. The lowest BCUT2D eigenvalue weighted by atomic mass is 10.2. The Morgan fingerprint density at radius 1 is 1.16 bits per heavy atom. The second kappa shape index (κ2) is 10.7. The number of anilines is 5. The summed E-state index contributed by atoms with van der Waals surface area (Å²) in [5.41, 5.74) is 1.41. The summed E-state index contributed by atoms with van der Waals surface area (Å²) in [6, 6.07) is 13.3. The zero-order valence-electron chi connectivity index (χ0n) is 17.3. The molecule has 0 saturated carbocycles. The van der Waals surface area contributed by atoms with Gasteiger partial charge in [0, 0.05) is 12.8 Å². The summed E-state index contributed by atoms with van der Waals surface area (Å²) >= 11 is 0. The molecule has 166 valence electrons. The highest BCUT2D eigenvalue weighted by molar-refractivity contribution is 5.99. The summed E-state index contributed by atoms with van der Waals surface area (Å²) in [6.07, 6.45) is 2.06. The Morgan fingerprint density at radius 2 is 1.91 bits per heavy atom. The highest BCUT2D eigenvalue weighted by atomic mass is 19.1. The topological polar surface area (TPSA) is 111 Å². The molecule has 0 aliphatic heterocycles. The van der Waals surface area contributed by atoms with E-state index in [-0.39, 0.29) is 11.8 Å². The summed E-state index contributed by atoms with van der Waals surface area (Å²) in [7, 11) is 1.59. The van der Waals surface area contributed by atoms with Crippen LogP contribution in [0.25, 0.3) is 0 Å². The van der Waals surface area contributed by atoms with Gasteiger partial charge in [-0.2, -0.15) is 4.39 Å². The van der Waals surface area contributed by atoms with Gasteiger partial charge in [-0.3, -0.25) is 15.4 Å². The Kier molecular flexibility index (Phi) is 7.55. The first-order valence-corrected chi connectivity index (χ1v) is 9.57. The molecule has 3 aromatic rings. The molecule has 1 aromatic heterocycles. The van der Waals surface area contributed by atoms with E-state index in [1.54, 1.807) is 55.6 Å². The van der Waals surface area contributed by atoms with Gasteiger partial charge in [0.25, 0.3) is 0 Å². The van der Waals surface area contributed by atoms with E-state index in [1.807, 2.05) is 0 Å². The molecule has 9 nitrogen and oxygen atoms in total. The first-order valence-electron chi connectivity index (χ1n) is 9.57. The summed E-state index contributed by atoms with van der Waals surface area (Å²) < 4.78 is 25.1. The van der Waals surface area contributed by atoms with Crippen LogP contribution in [-0.2, 0) is 9.53 Å². The lowest BCUT2D eigenvalue weighted by Crippen LogP contribution is -2.35. The van der Waals surface area contributed by atoms with Gasteiger partial charge in [0.15, 0.2) is 0 Å². The lowest BCUT2D eigenvalue weighted by molar-refractivity contribution is -0.579. The summed E-state index contributed by atoms with van der Waals surface area (Å²) in [6.45, 7) is 4.27. The molecule has 2 aromatic carbocycles. The Labute approximate surface area is 184 Å². The monoisotopic (exact) mass is 439 g/mol. The van der Waals surface area contributed by atoms with E-state index in [4.69, 9.17) is 9.47 Å². The molecule has 0 radical (unpaired) electrons. The highest BCUT2D eigenvalue weighted by Gasteiger charge is 2.16. The lowest BCUT2D eigenvalue weighted by Gasteiger charge is -2.16. The number of benzene rings is 2. The number of amides is 1. The molecule has 1 heterocycles. The number of halogens is 1. The highest BCUT2D eigenvalue weighted by Crippen LogP contribution is 2.22.